The van der Waals surface area contributed by atoms with Crippen LogP contribution in [0, 0.1) is 0 Å². The Morgan fingerprint density at radius 2 is 2.10 bits per heavy atom. The van der Waals surface area contributed by atoms with Crippen LogP contribution in [0.1, 0.15) is 10.5 Å². The molecular weight excluding hydrogens is 276 g/mol. The lowest BCUT2D eigenvalue weighted by Gasteiger charge is -2.05. The van der Waals surface area contributed by atoms with Crippen LogP contribution in [-0.2, 0) is 11.8 Å². The number of hydrogen-bond donors (Lipinski definition) is 2. The molecule has 1 heterocycles. The van der Waals surface area contributed by atoms with E-state index >= 15 is 0 Å². The number of aromatic nitrogens is 1. The largest absolute Gasteiger partial charge is 0.508 e. The van der Waals surface area contributed by atoms with Crippen LogP contribution in [0.4, 0.5) is 0 Å². The summed E-state index contributed by atoms with van der Waals surface area (Å²) in [5.74, 6) is -0.529. The van der Waals surface area contributed by atoms with Crippen molar-refractivity contribution in [2.45, 2.75) is 4.90 Å². The van der Waals surface area contributed by atoms with Gasteiger partial charge in [-0.15, -0.1) is 11.8 Å². The number of amides is 2. The van der Waals surface area contributed by atoms with Crippen LogP contribution >= 0.6 is 11.8 Å². The minimum absolute atomic E-state index is 0.111. The molecule has 0 unspecified atom stereocenters. The fourth-order valence-electron chi connectivity index (χ4n) is 1.65. The molecule has 20 heavy (non-hydrogen) atoms. The molecule has 2 aromatic rings. The Morgan fingerprint density at radius 1 is 1.30 bits per heavy atom. The highest BCUT2D eigenvalue weighted by atomic mass is 32.2. The first kappa shape index (κ1) is 14.2. The van der Waals surface area contributed by atoms with Crippen LogP contribution < -0.4 is 5.32 Å². The first-order valence-electron chi connectivity index (χ1n) is 5.93. The number of thioether (sulfide) groups is 1. The Morgan fingerprint density at radius 3 is 2.75 bits per heavy atom. The van der Waals surface area contributed by atoms with Crippen LogP contribution in [0.25, 0.3) is 0 Å². The maximum atomic E-state index is 11.8. The number of nitrogens with zero attached hydrogens (tertiary/aromatic N) is 1. The summed E-state index contributed by atoms with van der Waals surface area (Å²) in [5.41, 5.74) is 0.431. The van der Waals surface area contributed by atoms with E-state index in [-0.39, 0.29) is 17.4 Å². The van der Waals surface area contributed by atoms with Gasteiger partial charge >= 0.3 is 0 Å². The Hall–Kier alpha value is -2.21. The van der Waals surface area contributed by atoms with E-state index in [1.165, 1.54) is 11.8 Å². The second kappa shape index (κ2) is 6.29. The molecule has 1 aromatic heterocycles. The quantitative estimate of drug-likeness (QED) is 0.842. The summed E-state index contributed by atoms with van der Waals surface area (Å²) in [5, 5.41) is 11.6. The van der Waals surface area contributed by atoms with Crippen LogP contribution in [0.2, 0.25) is 0 Å². The third-order valence-corrected chi connectivity index (χ3v) is 3.61. The Kier molecular flexibility index (Phi) is 4.47. The van der Waals surface area contributed by atoms with Gasteiger partial charge in [0, 0.05) is 18.1 Å². The third kappa shape index (κ3) is 3.64. The van der Waals surface area contributed by atoms with Crippen molar-refractivity contribution in [3.63, 3.8) is 0 Å². The molecule has 1 aromatic carbocycles. The van der Waals surface area contributed by atoms with Gasteiger partial charge in [0.25, 0.3) is 5.91 Å². The van der Waals surface area contributed by atoms with E-state index in [4.69, 9.17) is 0 Å². The fraction of sp³-hybridized carbons (Fsp3) is 0.143. The summed E-state index contributed by atoms with van der Waals surface area (Å²) < 4.78 is 1.64. The highest BCUT2D eigenvalue weighted by molar-refractivity contribution is 8.00. The second-order valence-corrected chi connectivity index (χ2v) is 5.22. The van der Waals surface area contributed by atoms with E-state index in [9.17, 15) is 14.7 Å². The Labute approximate surface area is 120 Å². The number of hydrogen-bond acceptors (Lipinski definition) is 4. The number of benzene rings is 1. The van der Waals surface area contributed by atoms with Gasteiger partial charge in [0.2, 0.25) is 5.91 Å². The number of aryl methyl sites for hydroxylation is 1. The number of aromatic hydroxyl groups is 1. The molecule has 0 aliphatic carbocycles. The van der Waals surface area contributed by atoms with Gasteiger partial charge in [0.15, 0.2) is 0 Å². The Bertz CT molecular complexity index is 637. The van der Waals surface area contributed by atoms with Crippen LogP contribution in [-0.4, -0.2) is 27.2 Å². The predicted octanol–water partition coefficient (Wildman–Crippen LogP) is 1.78. The number of rotatable bonds is 4. The van der Waals surface area contributed by atoms with Crippen molar-refractivity contribution >= 4 is 23.6 Å². The second-order valence-electron chi connectivity index (χ2n) is 4.17. The number of carbonyl (C=O) groups is 2. The zero-order valence-electron chi connectivity index (χ0n) is 10.9. The molecule has 0 aliphatic rings. The van der Waals surface area contributed by atoms with Crippen molar-refractivity contribution in [3.8, 4) is 5.75 Å². The lowest BCUT2D eigenvalue weighted by Crippen LogP contribution is -2.32. The molecule has 104 valence electrons. The molecule has 0 atom stereocenters. The smallest absolute Gasteiger partial charge is 0.274 e. The van der Waals surface area contributed by atoms with Crippen LogP contribution in [0.5, 0.6) is 5.75 Å². The van der Waals surface area contributed by atoms with E-state index in [1.807, 2.05) is 0 Å². The van der Waals surface area contributed by atoms with Crippen LogP contribution in [0.3, 0.4) is 0 Å². The SMILES string of the molecule is Cn1cccc1C(=O)NC(=O)CSc1cccc(O)c1. The first-order valence-corrected chi connectivity index (χ1v) is 6.92. The highest BCUT2D eigenvalue weighted by Crippen LogP contribution is 2.21. The molecule has 6 heteroatoms. The number of nitrogens with one attached hydrogen (secondary N) is 1. The topological polar surface area (TPSA) is 71.3 Å². The summed E-state index contributed by atoms with van der Waals surface area (Å²) >= 11 is 1.26. The van der Waals surface area contributed by atoms with Crippen molar-refractivity contribution in [1.82, 2.24) is 9.88 Å². The highest BCUT2D eigenvalue weighted by Gasteiger charge is 2.12. The summed E-state index contributed by atoms with van der Waals surface area (Å²) in [6, 6.07) is 9.99. The molecule has 0 fully saturated rings. The number of imide groups is 1. The van der Waals surface area contributed by atoms with Gasteiger partial charge in [-0.1, -0.05) is 6.07 Å². The van der Waals surface area contributed by atoms with E-state index in [0.29, 0.717) is 5.69 Å². The molecule has 0 spiro atoms. The summed E-state index contributed by atoms with van der Waals surface area (Å²) in [6.45, 7) is 0. The van der Waals surface area contributed by atoms with Crippen molar-refractivity contribution < 1.29 is 14.7 Å². The van der Waals surface area contributed by atoms with Gasteiger partial charge in [-0.25, -0.2) is 0 Å². The zero-order valence-corrected chi connectivity index (χ0v) is 11.7. The lowest BCUT2D eigenvalue weighted by molar-refractivity contribution is -0.117. The van der Waals surface area contributed by atoms with E-state index in [1.54, 1.807) is 54.2 Å². The molecule has 2 N–H and O–H groups in total. The average Bonchev–Trinajstić information content (AvgIpc) is 2.83. The first-order chi connectivity index (χ1) is 9.56. The van der Waals surface area contributed by atoms with Gasteiger partial charge < -0.3 is 9.67 Å². The van der Waals surface area contributed by atoms with Gasteiger partial charge in [-0.3, -0.25) is 14.9 Å². The lowest BCUT2D eigenvalue weighted by atomic mass is 10.3. The summed E-state index contributed by atoms with van der Waals surface area (Å²) in [6.07, 6.45) is 1.74. The van der Waals surface area contributed by atoms with Gasteiger partial charge in [-0.2, -0.15) is 0 Å². The fourth-order valence-corrected chi connectivity index (χ4v) is 2.39. The number of phenolic OH excluding ortho intramolecular Hbond substituents is 1. The Balaban J connectivity index is 1.87. The third-order valence-electron chi connectivity index (χ3n) is 2.62. The van der Waals surface area contributed by atoms with Gasteiger partial charge in [-0.05, 0) is 30.3 Å². The molecule has 0 saturated heterocycles. The van der Waals surface area contributed by atoms with Gasteiger partial charge in [0.1, 0.15) is 11.4 Å². The van der Waals surface area contributed by atoms with Crippen LogP contribution in [0.15, 0.2) is 47.5 Å². The summed E-state index contributed by atoms with van der Waals surface area (Å²) in [4.78, 5) is 24.3. The maximum absolute atomic E-state index is 11.8. The minimum Gasteiger partial charge on any atom is -0.508 e. The molecule has 2 amide bonds. The minimum atomic E-state index is -0.418. The van der Waals surface area contributed by atoms with Gasteiger partial charge in [0.05, 0.1) is 5.75 Å². The molecular formula is C14H14N2O3S. The average molecular weight is 290 g/mol. The number of carbonyl (C=O) groups excluding carboxylic acids is 2. The standard InChI is InChI=1S/C14H14N2O3S/c1-16-7-3-6-12(16)14(19)15-13(18)9-20-11-5-2-4-10(17)8-11/h2-8,17H,9H2,1H3,(H,15,18,19). The van der Waals surface area contributed by atoms with E-state index in [0.717, 1.165) is 4.90 Å². The number of phenols is 1. The van der Waals surface area contributed by atoms with Crippen molar-refractivity contribution in [2.24, 2.45) is 7.05 Å². The molecule has 0 bridgehead atoms. The molecule has 5 nitrogen and oxygen atoms in total. The van der Waals surface area contributed by atoms with Crippen molar-refractivity contribution in [2.75, 3.05) is 5.75 Å². The normalized spacial score (nSPS) is 10.2. The predicted molar refractivity (Wildman–Crippen MR) is 76.7 cm³/mol. The van der Waals surface area contributed by atoms with E-state index in [2.05, 4.69) is 5.32 Å². The zero-order chi connectivity index (χ0) is 14.5. The molecule has 0 saturated carbocycles. The molecule has 0 aliphatic heterocycles. The molecule has 0 radical (unpaired) electrons. The van der Waals surface area contributed by atoms with Crippen molar-refractivity contribution in [1.29, 1.82) is 0 Å². The maximum Gasteiger partial charge on any atom is 0.274 e. The summed E-state index contributed by atoms with van der Waals surface area (Å²) in [7, 11) is 1.74. The van der Waals surface area contributed by atoms with E-state index < -0.39 is 5.91 Å². The molecule has 2 rings (SSSR count). The van der Waals surface area contributed by atoms with Crippen molar-refractivity contribution in [3.05, 3.63) is 48.3 Å². The monoisotopic (exact) mass is 290 g/mol.